The van der Waals surface area contributed by atoms with Crippen molar-refractivity contribution in [2.24, 2.45) is 0 Å². The van der Waals surface area contributed by atoms with Crippen molar-refractivity contribution >= 4 is 16.8 Å². The number of carbonyl (C=O) groups is 1. The van der Waals surface area contributed by atoms with E-state index in [1.165, 1.54) is 7.11 Å². The molecule has 0 rings (SSSR count). The molecule has 66 valence electrons. The van der Waals surface area contributed by atoms with E-state index in [4.69, 9.17) is 0 Å². The summed E-state index contributed by atoms with van der Waals surface area (Å²) in [5.41, 5.74) is 0. The molecule has 0 bridgehead atoms. The summed E-state index contributed by atoms with van der Waals surface area (Å²) in [6.45, 7) is 3.80. The number of carbonyl (C=O) groups excluding carboxylic acids is 1. The van der Waals surface area contributed by atoms with Gasteiger partial charge in [0.1, 0.15) is 5.75 Å². The topological polar surface area (TPSA) is 43.4 Å². The normalized spacial score (nSPS) is 15.5. The first kappa shape index (κ1) is 10.6. The highest BCUT2D eigenvalue weighted by atomic mass is 32.2. The van der Waals surface area contributed by atoms with E-state index in [2.05, 4.69) is 4.74 Å². The number of esters is 1. The fourth-order valence-electron chi connectivity index (χ4n) is 0.503. The van der Waals surface area contributed by atoms with Gasteiger partial charge in [0.15, 0.2) is 0 Å². The van der Waals surface area contributed by atoms with Crippen molar-refractivity contribution in [3.8, 4) is 0 Å². The molecule has 0 saturated carbocycles. The lowest BCUT2D eigenvalue weighted by molar-refractivity contribution is -0.137. The van der Waals surface area contributed by atoms with E-state index >= 15 is 0 Å². The van der Waals surface area contributed by atoms with Crippen LogP contribution in [-0.2, 0) is 20.3 Å². The summed E-state index contributed by atoms with van der Waals surface area (Å²) in [5.74, 6) is -0.380. The standard InChI is InChI=1S/C7H14O3S/c1-4-6(2)11(9)5-7(8)10-3/h6H,4-5H2,1-3H3. The number of ether oxygens (including phenoxy) is 1. The zero-order valence-electron chi connectivity index (χ0n) is 7.12. The minimum Gasteiger partial charge on any atom is -0.468 e. The molecule has 0 aliphatic rings. The van der Waals surface area contributed by atoms with E-state index in [0.29, 0.717) is 0 Å². The van der Waals surface area contributed by atoms with Crippen LogP contribution in [-0.4, -0.2) is 28.3 Å². The van der Waals surface area contributed by atoms with E-state index in [9.17, 15) is 9.00 Å². The third-order valence-corrected chi connectivity index (χ3v) is 3.26. The summed E-state index contributed by atoms with van der Waals surface area (Å²) in [4.78, 5) is 10.6. The van der Waals surface area contributed by atoms with Crippen molar-refractivity contribution in [3.63, 3.8) is 0 Å². The van der Waals surface area contributed by atoms with Crippen LogP contribution in [0.4, 0.5) is 0 Å². The van der Waals surface area contributed by atoms with Gasteiger partial charge in [-0.2, -0.15) is 0 Å². The van der Waals surface area contributed by atoms with Crippen LogP contribution in [0.15, 0.2) is 0 Å². The van der Waals surface area contributed by atoms with Crippen molar-refractivity contribution in [3.05, 3.63) is 0 Å². The van der Waals surface area contributed by atoms with Gasteiger partial charge in [0.25, 0.3) is 0 Å². The van der Waals surface area contributed by atoms with Crippen LogP contribution in [0.3, 0.4) is 0 Å². The van der Waals surface area contributed by atoms with E-state index in [-0.39, 0.29) is 11.0 Å². The van der Waals surface area contributed by atoms with Gasteiger partial charge >= 0.3 is 5.97 Å². The summed E-state index contributed by atoms with van der Waals surface area (Å²) in [6, 6.07) is 0. The average molecular weight is 178 g/mol. The highest BCUT2D eigenvalue weighted by Gasteiger charge is 2.12. The van der Waals surface area contributed by atoms with Gasteiger partial charge in [-0.15, -0.1) is 0 Å². The predicted octanol–water partition coefficient (Wildman–Crippen LogP) is 0.707. The monoisotopic (exact) mass is 178 g/mol. The Morgan fingerprint density at radius 3 is 2.55 bits per heavy atom. The Labute approximate surface area is 69.6 Å². The van der Waals surface area contributed by atoms with Gasteiger partial charge in [0, 0.05) is 16.0 Å². The summed E-state index contributed by atoms with van der Waals surface area (Å²) >= 11 is 0. The lowest BCUT2D eigenvalue weighted by atomic mass is 10.4. The lowest BCUT2D eigenvalue weighted by Gasteiger charge is -2.06. The van der Waals surface area contributed by atoms with Gasteiger partial charge in [0.2, 0.25) is 0 Å². The average Bonchev–Trinajstić information content (AvgIpc) is 2.02. The summed E-state index contributed by atoms with van der Waals surface area (Å²) in [7, 11) is 0.232. The zero-order valence-corrected chi connectivity index (χ0v) is 7.94. The van der Waals surface area contributed by atoms with E-state index in [1.54, 1.807) is 0 Å². The number of hydrogen-bond donors (Lipinski definition) is 0. The van der Waals surface area contributed by atoms with Crippen LogP contribution in [0.25, 0.3) is 0 Å². The fraction of sp³-hybridized carbons (Fsp3) is 0.857. The number of methoxy groups -OCH3 is 1. The lowest BCUT2D eigenvalue weighted by Crippen LogP contribution is -2.19. The van der Waals surface area contributed by atoms with Crippen LogP contribution >= 0.6 is 0 Å². The molecule has 11 heavy (non-hydrogen) atoms. The second-order valence-corrected chi connectivity index (χ2v) is 4.17. The van der Waals surface area contributed by atoms with E-state index in [1.807, 2.05) is 13.8 Å². The van der Waals surface area contributed by atoms with Gasteiger partial charge < -0.3 is 4.74 Å². The van der Waals surface area contributed by atoms with Crippen LogP contribution < -0.4 is 0 Å². The second kappa shape index (κ2) is 5.29. The summed E-state index contributed by atoms with van der Waals surface area (Å²) in [5, 5.41) is 0.0779. The van der Waals surface area contributed by atoms with Gasteiger partial charge in [0.05, 0.1) is 7.11 Å². The molecule has 0 spiro atoms. The zero-order chi connectivity index (χ0) is 8.85. The molecule has 0 radical (unpaired) electrons. The SMILES string of the molecule is CCC(C)S(=O)CC(=O)OC. The first-order valence-corrected chi connectivity index (χ1v) is 4.94. The number of hydrogen-bond acceptors (Lipinski definition) is 3. The van der Waals surface area contributed by atoms with Gasteiger partial charge in [-0.25, -0.2) is 0 Å². The van der Waals surface area contributed by atoms with Crippen molar-refractivity contribution in [1.29, 1.82) is 0 Å². The van der Waals surface area contributed by atoms with Crippen LogP contribution in [0.1, 0.15) is 20.3 Å². The molecule has 0 aromatic heterocycles. The van der Waals surface area contributed by atoms with Gasteiger partial charge in [-0.05, 0) is 6.42 Å². The molecule has 0 amide bonds. The molecular formula is C7H14O3S. The van der Waals surface area contributed by atoms with Gasteiger partial charge in [-0.3, -0.25) is 9.00 Å². The molecule has 0 heterocycles. The molecule has 0 aliphatic heterocycles. The maximum Gasteiger partial charge on any atom is 0.318 e. The molecular weight excluding hydrogens is 164 g/mol. The first-order valence-electron chi connectivity index (χ1n) is 3.55. The highest BCUT2D eigenvalue weighted by Crippen LogP contribution is 2.00. The minimum absolute atomic E-state index is 0.0194. The van der Waals surface area contributed by atoms with Crippen molar-refractivity contribution < 1.29 is 13.7 Å². The third kappa shape index (κ3) is 4.14. The Hall–Kier alpha value is -0.380. The molecule has 2 atom stereocenters. The Morgan fingerprint density at radius 1 is 1.64 bits per heavy atom. The molecule has 3 nitrogen and oxygen atoms in total. The highest BCUT2D eigenvalue weighted by molar-refractivity contribution is 7.86. The van der Waals surface area contributed by atoms with Crippen molar-refractivity contribution in [1.82, 2.24) is 0 Å². The molecule has 0 aromatic carbocycles. The summed E-state index contributed by atoms with van der Waals surface area (Å²) in [6.07, 6.45) is 0.823. The van der Waals surface area contributed by atoms with Crippen molar-refractivity contribution in [2.45, 2.75) is 25.5 Å². The molecule has 0 aliphatic carbocycles. The maximum absolute atomic E-state index is 11.2. The fourth-order valence-corrected chi connectivity index (χ4v) is 1.51. The molecule has 4 heteroatoms. The van der Waals surface area contributed by atoms with E-state index in [0.717, 1.165) is 6.42 Å². The Balaban J connectivity index is 3.77. The molecule has 0 fully saturated rings. The van der Waals surface area contributed by atoms with Crippen molar-refractivity contribution in [2.75, 3.05) is 12.9 Å². The first-order chi connectivity index (χ1) is 5.11. The quantitative estimate of drug-likeness (QED) is 0.595. The Bertz CT molecular complexity index is 156. The second-order valence-electron chi connectivity index (χ2n) is 2.32. The number of rotatable bonds is 4. The van der Waals surface area contributed by atoms with Crippen LogP contribution in [0, 0.1) is 0 Å². The summed E-state index contributed by atoms with van der Waals surface area (Å²) < 4.78 is 15.5. The van der Waals surface area contributed by atoms with Crippen LogP contribution in [0.5, 0.6) is 0 Å². The molecule has 0 aromatic rings. The van der Waals surface area contributed by atoms with Gasteiger partial charge in [-0.1, -0.05) is 13.8 Å². The van der Waals surface area contributed by atoms with Crippen LogP contribution in [0.2, 0.25) is 0 Å². The molecule has 0 N–H and O–H groups in total. The largest absolute Gasteiger partial charge is 0.468 e. The smallest absolute Gasteiger partial charge is 0.318 e. The van der Waals surface area contributed by atoms with E-state index < -0.39 is 16.8 Å². The maximum atomic E-state index is 11.2. The Morgan fingerprint density at radius 2 is 2.18 bits per heavy atom. The third-order valence-electron chi connectivity index (χ3n) is 1.51. The molecule has 0 saturated heterocycles. The predicted molar refractivity (Wildman–Crippen MR) is 44.8 cm³/mol. The minimum atomic E-state index is -1.07. The Kier molecular flexibility index (Phi) is 5.11. The molecule has 2 unspecified atom stereocenters.